The van der Waals surface area contributed by atoms with E-state index in [-0.39, 0.29) is 11.5 Å². The van der Waals surface area contributed by atoms with Crippen molar-refractivity contribution in [2.24, 2.45) is 0 Å². The maximum Gasteiger partial charge on any atom is 0.337 e. The Morgan fingerprint density at radius 3 is 2.87 bits per heavy atom. The summed E-state index contributed by atoms with van der Waals surface area (Å²) in [4.78, 5) is 25.5. The summed E-state index contributed by atoms with van der Waals surface area (Å²) in [5.41, 5.74) is 0.450. The van der Waals surface area contributed by atoms with Gasteiger partial charge < -0.3 is 10.4 Å². The lowest BCUT2D eigenvalue weighted by molar-refractivity contribution is -0.113. The fourth-order valence-electron chi connectivity index (χ4n) is 0.953. The first-order chi connectivity index (χ1) is 7.13. The SMILES string of the molecule is CSCC(=O)Nc1cncc(C(=O)O)c1. The van der Waals surface area contributed by atoms with Gasteiger partial charge in [0, 0.05) is 6.20 Å². The third-order valence-corrected chi connectivity index (χ3v) is 2.10. The van der Waals surface area contributed by atoms with Crippen LogP contribution in [-0.2, 0) is 4.79 Å². The highest BCUT2D eigenvalue weighted by molar-refractivity contribution is 7.99. The normalized spacial score (nSPS) is 9.67. The Morgan fingerprint density at radius 1 is 1.53 bits per heavy atom. The molecule has 1 aromatic heterocycles. The van der Waals surface area contributed by atoms with Gasteiger partial charge in [-0.2, -0.15) is 11.8 Å². The molecule has 5 nitrogen and oxygen atoms in total. The molecule has 2 N–H and O–H groups in total. The number of anilines is 1. The number of pyridine rings is 1. The molecule has 0 aliphatic heterocycles. The van der Waals surface area contributed by atoms with Crippen LogP contribution in [0, 0.1) is 0 Å². The highest BCUT2D eigenvalue weighted by Gasteiger charge is 2.06. The molecule has 1 aromatic rings. The smallest absolute Gasteiger partial charge is 0.337 e. The van der Waals surface area contributed by atoms with Crippen LogP contribution < -0.4 is 5.32 Å². The first-order valence-corrected chi connectivity index (χ1v) is 5.50. The Balaban J connectivity index is 2.73. The molecule has 0 aliphatic rings. The molecule has 15 heavy (non-hydrogen) atoms. The number of hydrogen-bond acceptors (Lipinski definition) is 4. The van der Waals surface area contributed by atoms with Crippen LogP contribution in [0.2, 0.25) is 0 Å². The van der Waals surface area contributed by atoms with Crippen LogP contribution in [0.15, 0.2) is 18.5 Å². The van der Waals surface area contributed by atoms with E-state index in [2.05, 4.69) is 10.3 Å². The molecule has 1 rings (SSSR count). The van der Waals surface area contributed by atoms with Crippen molar-refractivity contribution in [2.45, 2.75) is 0 Å². The quantitative estimate of drug-likeness (QED) is 0.803. The van der Waals surface area contributed by atoms with Gasteiger partial charge in [0.25, 0.3) is 0 Å². The first-order valence-electron chi connectivity index (χ1n) is 4.10. The Hall–Kier alpha value is -1.56. The molecule has 1 heterocycles. The number of nitrogens with one attached hydrogen (secondary N) is 1. The monoisotopic (exact) mass is 226 g/mol. The summed E-state index contributed by atoms with van der Waals surface area (Å²) < 4.78 is 0. The van der Waals surface area contributed by atoms with E-state index in [1.54, 1.807) is 0 Å². The summed E-state index contributed by atoms with van der Waals surface area (Å²) in [5.74, 6) is -0.910. The van der Waals surface area contributed by atoms with Gasteiger partial charge >= 0.3 is 5.97 Å². The van der Waals surface area contributed by atoms with E-state index >= 15 is 0 Å². The van der Waals surface area contributed by atoms with Gasteiger partial charge in [-0.25, -0.2) is 4.79 Å². The molecule has 0 fully saturated rings. The standard InChI is InChI=1S/C9H10N2O3S/c1-15-5-8(12)11-7-2-6(9(13)14)3-10-4-7/h2-4H,5H2,1H3,(H,11,12)(H,13,14). The van der Waals surface area contributed by atoms with Gasteiger partial charge in [-0.05, 0) is 12.3 Å². The summed E-state index contributed by atoms with van der Waals surface area (Å²) in [5, 5.41) is 11.2. The van der Waals surface area contributed by atoms with Crippen LogP contribution in [0.3, 0.4) is 0 Å². The molecular formula is C9H10N2O3S. The van der Waals surface area contributed by atoms with Crippen LogP contribution >= 0.6 is 11.8 Å². The number of aromatic nitrogens is 1. The minimum absolute atomic E-state index is 0.0527. The van der Waals surface area contributed by atoms with E-state index < -0.39 is 5.97 Å². The Kier molecular flexibility index (Phi) is 4.11. The van der Waals surface area contributed by atoms with Gasteiger partial charge in [0.15, 0.2) is 0 Å². The lowest BCUT2D eigenvalue weighted by atomic mass is 10.2. The summed E-state index contributed by atoms with van der Waals surface area (Å²) in [6.07, 6.45) is 4.45. The summed E-state index contributed by atoms with van der Waals surface area (Å²) in [6.45, 7) is 0. The highest BCUT2D eigenvalue weighted by Crippen LogP contribution is 2.08. The molecule has 0 aliphatic carbocycles. The number of thioether (sulfide) groups is 1. The molecule has 0 aromatic carbocycles. The van der Waals surface area contributed by atoms with Crippen LogP contribution in [0.25, 0.3) is 0 Å². The molecule has 0 unspecified atom stereocenters. The van der Waals surface area contributed by atoms with E-state index in [1.807, 2.05) is 6.26 Å². The van der Waals surface area contributed by atoms with Gasteiger partial charge in [0.05, 0.1) is 23.2 Å². The fourth-order valence-corrected chi connectivity index (χ4v) is 1.29. The molecule has 0 radical (unpaired) electrons. The lowest BCUT2D eigenvalue weighted by Gasteiger charge is -2.03. The summed E-state index contributed by atoms with van der Waals surface area (Å²) in [6, 6.07) is 1.37. The molecule has 0 atom stereocenters. The van der Waals surface area contributed by atoms with Crippen LogP contribution in [0.1, 0.15) is 10.4 Å². The second kappa shape index (κ2) is 5.35. The lowest BCUT2D eigenvalue weighted by Crippen LogP contribution is -2.14. The molecule has 1 amide bonds. The molecule has 0 saturated carbocycles. The van der Waals surface area contributed by atoms with Crippen molar-refractivity contribution in [1.29, 1.82) is 0 Å². The number of hydrogen-bond donors (Lipinski definition) is 2. The zero-order valence-electron chi connectivity index (χ0n) is 8.06. The number of carbonyl (C=O) groups is 2. The van der Waals surface area contributed by atoms with Gasteiger partial charge in [-0.3, -0.25) is 9.78 Å². The van der Waals surface area contributed by atoms with Gasteiger partial charge in [-0.15, -0.1) is 0 Å². The van der Waals surface area contributed by atoms with Crippen molar-refractivity contribution in [2.75, 3.05) is 17.3 Å². The van der Waals surface area contributed by atoms with Crippen molar-refractivity contribution < 1.29 is 14.7 Å². The highest BCUT2D eigenvalue weighted by atomic mass is 32.2. The molecule has 6 heteroatoms. The van der Waals surface area contributed by atoms with Crippen molar-refractivity contribution in [3.05, 3.63) is 24.0 Å². The fraction of sp³-hybridized carbons (Fsp3) is 0.222. The Bertz CT molecular complexity index is 381. The topological polar surface area (TPSA) is 79.3 Å². The maximum absolute atomic E-state index is 11.2. The minimum atomic E-state index is -1.07. The average Bonchev–Trinajstić information content (AvgIpc) is 2.18. The van der Waals surface area contributed by atoms with Crippen molar-refractivity contribution in [1.82, 2.24) is 4.98 Å². The predicted octanol–water partition coefficient (Wildman–Crippen LogP) is 1.08. The number of carbonyl (C=O) groups excluding carboxylic acids is 1. The number of aromatic carboxylic acids is 1. The van der Waals surface area contributed by atoms with E-state index in [4.69, 9.17) is 5.11 Å². The third-order valence-electron chi connectivity index (χ3n) is 1.54. The van der Waals surface area contributed by atoms with E-state index in [9.17, 15) is 9.59 Å². The first kappa shape index (κ1) is 11.5. The average molecular weight is 226 g/mol. The maximum atomic E-state index is 11.2. The Morgan fingerprint density at radius 2 is 2.27 bits per heavy atom. The van der Waals surface area contributed by atoms with Crippen molar-refractivity contribution in [3.63, 3.8) is 0 Å². The van der Waals surface area contributed by atoms with Crippen LogP contribution in [-0.4, -0.2) is 34.0 Å². The van der Waals surface area contributed by atoms with E-state index in [1.165, 1.54) is 30.2 Å². The molecule has 0 spiro atoms. The molecule has 0 bridgehead atoms. The number of carboxylic acid groups (broad SMARTS) is 1. The number of rotatable bonds is 4. The number of amides is 1. The zero-order chi connectivity index (χ0) is 11.3. The second-order valence-corrected chi connectivity index (χ2v) is 3.61. The second-order valence-electron chi connectivity index (χ2n) is 2.75. The van der Waals surface area contributed by atoms with Crippen molar-refractivity contribution in [3.8, 4) is 0 Å². The Labute approximate surface area is 90.9 Å². The zero-order valence-corrected chi connectivity index (χ0v) is 8.87. The van der Waals surface area contributed by atoms with Crippen molar-refractivity contribution >= 4 is 29.3 Å². The van der Waals surface area contributed by atoms with Crippen LogP contribution in [0.4, 0.5) is 5.69 Å². The van der Waals surface area contributed by atoms with Gasteiger partial charge in [-0.1, -0.05) is 0 Å². The summed E-state index contributed by atoms with van der Waals surface area (Å²) in [7, 11) is 0. The minimum Gasteiger partial charge on any atom is -0.478 e. The molecule has 0 saturated heterocycles. The molecule has 80 valence electrons. The largest absolute Gasteiger partial charge is 0.478 e. The molecular weight excluding hydrogens is 216 g/mol. The number of nitrogens with zero attached hydrogens (tertiary/aromatic N) is 1. The predicted molar refractivity (Wildman–Crippen MR) is 58.2 cm³/mol. The van der Waals surface area contributed by atoms with Gasteiger partial charge in [0.2, 0.25) is 5.91 Å². The third kappa shape index (κ3) is 3.59. The van der Waals surface area contributed by atoms with E-state index in [0.29, 0.717) is 11.4 Å². The van der Waals surface area contributed by atoms with E-state index in [0.717, 1.165) is 0 Å². The van der Waals surface area contributed by atoms with Gasteiger partial charge in [0.1, 0.15) is 0 Å². The summed E-state index contributed by atoms with van der Waals surface area (Å²) >= 11 is 1.39. The van der Waals surface area contributed by atoms with Crippen LogP contribution in [0.5, 0.6) is 0 Å². The number of carboxylic acids is 1.